The zero-order valence-electron chi connectivity index (χ0n) is 18.2. The fourth-order valence-corrected chi connectivity index (χ4v) is 4.10. The summed E-state index contributed by atoms with van der Waals surface area (Å²) in [7, 11) is 3.18. The van der Waals surface area contributed by atoms with Crippen molar-refractivity contribution >= 4 is 28.2 Å². The molecule has 1 aliphatic rings. The molecule has 0 saturated heterocycles. The van der Waals surface area contributed by atoms with Crippen molar-refractivity contribution in [3.63, 3.8) is 0 Å². The Morgan fingerprint density at radius 2 is 1.94 bits per heavy atom. The average Bonchev–Trinajstić information content (AvgIpc) is 3.38. The van der Waals surface area contributed by atoms with Crippen LogP contribution in [-0.2, 0) is 13.6 Å². The molecule has 3 aromatic carbocycles. The number of methoxy groups -OCH3 is 1. The first-order valence-electron chi connectivity index (χ1n) is 10.3. The minimum absolute atomic E-state index is 0.0842. The third-order valence-electron chi connectivity index (χ3n) is 5.90. The van der Waals surface area contributed by atoms with E-state index >= 15 is 0 Å². The standard InChI is InChI=1S/C25H20F2N4O2/c1-13-4-7-16(33-3)9-17(13)24-18-8-15(6-5-14(18)11-28-24)30-25(32)22-20(26)10-21-19(23(22)27)12-29-31(21)2/h4-10,12H,11H2,1-3H3,(H,30,32). The van der Waals surface area contributed by atoms with Crippen molar-refractivity contribution in [1.29, 1.82) is 0 Å². The lowest BCUT2D eigenvalue weighted by molar-refractivity contribution is 0.101. The minimum atomic E-state index is -0.948. The van der Waals surface area contributed by atoms with Gasteiger partial charge in [-0.3, -0.25) is 14.5 Å². The van der Waals surface area contributed by atoms with E-state index in [-0.39, 0.29) is 10.9 Å². The predicted octanol–water partition coefficient (Wildman–Crippen LogP) is 4.77. The van der Waals surface area contributed by atoms with Gasteiger partial charge in [0.15, 0.2) is 0 Å². The van der Waals surface area contributed by atoms with Crippen molar-refractivity contribution in [3.8, 4) is 5.75 Å². The quantitative estimate of drug-likeness (QED) is 0.491. The summed E-state index contributed by atoms with van der Waals surface area (Å²) in [6.07, 6.45) is 1.27. The first-order chi connectivity index (χ1) is 15.9. The van der Waals surface area contributed by atoms with Crippen LogP contribution >= 0.6 is 0 Å². The van der Waals surface area contributed by atoms with Crippen LogP contribution in [0.25, 0.3) is 10.9 Å². The minimum Gasteiger partial charge on any atom is -0.497 e. The van der Waals surface area contributed by atoms with E-state index < -0.39 is 23.1 Å². The van der Waals surface area contributed by atoms with Gasteiger partial charge in [0.25, 0.3) is 5.91 Å². The second kappa shape index (κ2) is 7.81. The molecule has 6 nitrogen and oxygen atoms in total. The van der Waals surface area contributed by atoms with Crippen molar-refractivity contribution < 1.29 is 18.3 Å². The number of amides is 1. The van der Waals surface area contributed by atoms with E-state index in [1.807, 2.05) is 31.2 Å². The van der Waals surface area contributed by atoms with Gasteiger partial charge in [-0.1, -0.05) is 12.1 Å². The molecule has 0 unspecified atom stereocenters. The molecule has 1 N–H and O–H groups in total. The summed E-state index contributed by atoms with van der Waals surface area (Å²) in [5, 5.41) is 6.64. The Morgan fingerprint density at radius 3 is 2.73 bits per heavy atom. The number of nitrogens with zero attached hydrogens (tertiary/aromatic N) is 3. The van der Waals surface area contributed by atoms with Crippen LogP contribution in [0, 0.1) is 18.6 Å². The predicted molar refractivity (Wildman–Crippen MR) is 122 cm³/mol. The summed E-state index contributed by atoms with van der Waals surface area (Å²) < 4.78 is 36.3. The third kappa shape index (κ3) is 3.44. The zero-order chi connectivity index (χ0) is 23.3. The SMILES string of the molecule is COc1ccc(C)c(C2=NCc3ccc(NC(=O)c4c(F)cc5c(cnn5C)c4F)cc32)c1. The molecule has 0 radical (unpaired) electrons. The molecule has 1 aliphatic heterocycles. The highest BCUT2D eigenvalue weighted by Gasteiger charge is 2.24. The number of carbonyl (C=O) groups excluding carboxylic acids is 1. The molecule has 5 rings (SSSR count). The van der Waals surface area contributed by atoms with Crippen LogP contribution in [0.1, 0.15) is 32.6 Å². The van der Waals surface area contributed by atoms with Crippen LogP contribution in [-0.4, -0.2) is 28.5 Å². The molecular formula is C25H20F2N4O2. The number of fused-ring (bicyclic) bond motifs is 2. The molecule has 2 heterocycles. The number of ether oxygens (including phenoxy) is 1. The number of aromatic nitrogens is 2. The first-order valence-corrected chi connectivity index (χ1v) is 10.3. The molecule has 0 saturated carbocycles. The lowest BCUT2D eigenvalue weighted by Gasteiger charge is -2.12. The highest BCUT2D eigenvalue weighted by atomic mass is 19.1. The van der Waals surface area contributed by atoms with E-state index in [0.717, 1.165) is 34.0 Å². The van der Waals surface area contributed by atoms with Gasteiger partial charge in [-0.05, 0) is 42.3 Å². The summed E-state index contributed by atoms with van der Waals surface area (Å²) in [6, 6.07) is 12.2. The van der Waals surface area contributed by atoms with E-state index in [1.54, 1.807) is 26.3 Å². The summed E-state index contributed by atoms with van der Waals surface area (Å²) in [6.45, 7) is 2.50. The molecule has 0 fully saturated rings. The van der Waals surface area contributed by atoms with Gasteiger partial charge >= 0.3 is 0 Å². The van der Waals surface area contributed by atoms with E-state index in [4.69, 9.17) is 4.74 Å². The normalized spacial score (nSPS) is 12.6. The smallest absolute Gasteiger partial charge is 0.261 e. The second-order valence-corrected chi connectivity index (χ2v) is 7.92. The molecule has 0 aliphatic carbocycles. The van der Waals surface area contributed by atoms with Gasteiger partial charge in [-0.25, -0.2) is 8.78 Å². The highest BCUT2D eigenvalue weighted by molar-refractivity contribution is 6.17. The molecule has 0 atom stereocenters. The van der Waals surface area contributed by atoms with Gasteiger partial charge in [0.2, 0.25) is 0 Å². The Balaban J connectivity index is 1.49. The van der Waals surface area contributed by atoms with Gasteiger partial charge in [-0.2, -0.15) is 5.10 Å². The van der Waals surface area contributed by atoms with E-state index in [1.165, 1.54) is 10.9 Å². The first kappa shape index (κ1) is 20.8. The van der Waals surface area contributed by atoms with Crippen molar-refractivity contribution in [2.75, 3.05) is 12.4 Å². The third-order valence-corrected chi connectivity index (χ3v) is 5.90. The highest BCUT2D eigenvalue weighted by Crippen LogP contribution is 2.30. The monoisotopic (exact) mass is 446 g/mol. The lowest BCUT2D eigenvalue weighted by Crippen LogP contribution is -2.16. The summed E-state index contributed by atoms with van der Waals surface area (Å²) >= 11 is 0. The molecule has 0 bridgehead atoms. The molecule has 4 aromatic rings. The maximum absolute atomic E-state index is 14.9. The topological polar surface area (TPSA) is 68.5 Å². The van der Waals surface area contributed by atoms with E-state index in [0.29, 0.717) is 18.0 Å². The molecule has 0 spiro atoms. The number of anilines is 1. The van der Waals surface area contributed by atoms with Crippen LogP contribution in [0.3, 0.4) is 0 Å². The van der Waals surface area contributed by atoms with Gasteiger partial charge in [0.05, 0.1) is 36.5 Å². The number of carbonyl (C=O) groups is 1. The summed E-state index contributed by atoms with van der Waals surface area (Å²) in [5.74, 6) is -2.04. The van der Waals surface area contributed by atoms with Gasteiger partial charge in [0, 0.05) is 29.9 Å². The van der Waals surface area contributed by atoms with Crippen LogP contribution in [0.5, 0.6) is 5.75 Å². The fourth-order valence-electron chi connectivity index (χ4n) is 4.10. The summed E-state index contributed by atoms with van der Waals surface area (Å²) in [5.41, 5.74) is 4.64. The maximum atomic E-state index is 14.9. The molecule has 1 aromatic heterocycles. The number of rotatable bonds is 4. The maximum Gasteiger partial charge on any atom is 0.261 e. The van der Waals surface area contributed by atoms with Crippen LogP contribution < -0.4 is 10.1 Å². The van der Waals surface area contributed by atoms with Crippen molar-refractivity contribution in [2.24, 2.45) is 12.0 Å². The Bertz CT molecular complexity index is 1470. The lowest BCUT2D eigenvalue weighted by atomic mass is 9.96. The Labute approximate surface area is 188 Å². The number of benzene rings is 3. The van der Waals surface area contributed by atoms with Crippen LogP contribution in [0.2, 0.25) is 0 Å². The number of aliphatic imine (C=N–C) groups is 1. The van der Waals surface area contributed by atoms with Crippen molar-refractivity contribution in [2.45, 2.75) is 13.5 Å². The van der Waals surface area contributed by atoms with Crippen LogP contribution in [0.4, 0.5) is 14.5 Å². The molecule has 33 heavy (non-hydrogen) atoms. The van der Waals surface area contributed by atoms with E-state index in [2.05, 4.69) is 15.4 Å². The molecule has 8 heteroatoms. The largest absolute Gasteiger partial charge is 0.497 e. The van der Waals surface area contributed by atoms with Gasteiger partial charge in [0.1, 0.15) is 22.9 Å². The number of hydrogen-bond donors (Lipinski definition) is 1. The average molecular weight is 446 g/mol. The Kier molecular flexibility index (Phi) is 4.92. The molecular weight excluding hydrogens is 426 g/mol. The number of aryl methyl sites for hydroxylation is 2. The Morgan fingerprint density at radius 1 is 1.12 bits per heavy atom. The van der Waals surface area contributed by atoms with Gasteiger partial charge in [-0.15, -0.1) is 0 Å². The Hall–Kier alpha value is -4.07. The van der Waals surface area contributed by atoms with Crippen molar-refractivity contribution in [1.82, 2.24) is 9.78 Å². The molecule has 1 amide bonds. The molecule has 166 valence electrons. The van der Waals surface area contributed by atoms with Crippen LogP contribution in [0.15, 0.2) is 53.7 Å². The number of hydrogen-bond acceptors (Lipinski definition) is 4. The fraction of sp³-hybridized carbons (Fsp3) is 0.160. The van der Waals surface area contributed by atoms with E-state index in [9.17, 15) is 13.6 Å². The van der Waals surface area contributed by atoms with Crippen molar-refractivity contribution in [3.05, 3.63) is 88.1 Å². The second-order valence-electron chi connectivity index (χ2n) is 7.92. The summed E-state index contributed by atoms with van der Waals surface area (Å²) in [4.78, 5) is 17.5. The zero-order valence-corrected chi connectivity index (χ0v) is 18.2. The van der Waals surface area contributed by atoms with Gasteiger partial charge < -0.3 is 10.1 Å². The number of halogens is 2. The number of nitrogens with one attached hydrogen (secondary N) is 1.